The maximum atomic E-state index is 5.66. The van der Waals surface area contributed by atoms with Crippen molar-refractivity contribution in [1.29, 1.82) is 0 Å². The molecule has 82 valence electrons. The highest BCUT2D eigenvalue weighted by Gasteiger charge is 2.17. The lowest BCUT2D eigenvalue weighted by Crippen LogP contribution is -2.25. The first-order valence-corrected chi connectivity index (χ1v) is 5.50. The summed E-state index contributed by atoms with van der Waals surface area (Å²) >= 11 is 0. The summed E-state index contributed by atoms with van der Waals surface area (Å²) in [6, 6.07) is 0.567. The van der Waals surface area contributed by atoms with Gasteiger partial charge in [0.2, 0.25) is 5.95 Å². The molecule has 3 N–H and O–H groups in total. The fourth-order valence-corrected chi connectivity index (χ4v) is 2.07. The van der Waals surface area contributed by atoms with Crippen molar-refractivity contribution >= 4 is 5.95 Å². The number of anilines is 1. The molecule has 0 aromatic carbocycles. The van der Waals surface area contributed by atoms with E-state index in [1.165, 1.54) is 18.4 Å². The molecular formula is C11H18N4. The van der Waals surface area contributed by atoms with Crippen LogP contribution in [-0.4, -0.2) is 22.6 Å². The van der Waals surface area contributed by atoms with Gasteiger partial charge >= 0.3 is 0 Å². The van der Waals surface area contributed by atoms with E-state index in [0.717, 1.165) is 24.4 Å². The van der Waals surface area contributed by atoms with Gasteiger partial charge in [-0.3, -0.25) is 0 Å². The van der Waals surface area contributed by atoms with E-state index in [1.54, 1.807) is 0 Å². The Labute approximate surface area is 90.3 Å². The smallest absolute Gasteiger partial charge is 0.220 e. The minimum Gasteiger partial charge on any atom is -0.368 e. The molecule has 15 heavy (non-hydrogen) atoms. The number of hydrogen-bond acceptors (Lipinski definition) is 4. The third kappa shape index (κ3) is 2.26. The molecule has 0 bridgehead atoms. The summed E-state index contributed by atoms with van der Waals surface area (Å²) in [5, 5.41) is 3.47. The highest BCUT2D eigenvalue weighted by atomic mass is 15.0. The summed E-state index contributed by atoms with van der Waals surface area (Å²) in [5.41, 5.74) is 8.93. The van der Waals surface area contributed by atoms with Crippen LogP contribution < -0.4 is 11.1 Å². The minimum absolute atomic E-state index is 0.395. The van der Waals surface area contributed by atoms with Crippen molar-refractivity contribution in [2.75, 3.05) is 12.3 Å². The summed E-state index contributed by atoms with van der Waals surface area (Å²) in [7, 11) is 0. The lowest BCUT2D eigenvalue weighted by atomic mass is 10.1. The van der Waals surface area contributed by atoms with Crippen molar-refractivity contribution in [2.45, 2.75) is 39.2 Å². The third-order valence-corrected chi connectivity index (χ3v) is 3.11. The van der Waals surface area contributed by atoms with Crippen LogP contribution in [0.3, 0.4) is 0 Å². The lowest BCUT2D eigenvalue weighted by Gasteiger charge is -2.12. The predicted molar refractivity (Wildman–Crippen MR) is 60.6 cm³/mol. The zero-order valence-corrected chi connectivity index (χ0v) is 9.38. The van der Waals surface area contributed by atoms with Gasteiger partial charge in [-0.15, -0.1) is 0 Å². The van der Waals surface area contributed by atoms with Crippen molar-refractivity contribution in [3.8, 4) is 0 Å². The molecule has 1 aromatic rings. The van der Waals surface area contributed by atoms with Crippen LogP contribution in [0.1, 0.15) is 29.8 Å². The average Bonchev–Trinajstić information content (AvgIpc) is 2.66. The molecule has 0 spiro atoms. The van der Waals surface area contributed by atoms with E-state index in [2.05, 4.69) is 22.2 Å². The van der Waals surface area contributed by atoms with Gasteiger partial charge in [-0.1, -0.05) is 0 Å². The van der Waals surface area contributed by atoms with E-state index in [4.69, 9.17) is 5.73 Å². The molecule has 1 atom stereocenters. The lowest BCUT2D eigenvalue weighted by molar-refractivity contribution is 0.592. The topological polar surface area (TPSA) is 63.8 Å². The zero-order valence-electron chi connectivity index (χ0n) is 9.38. The Morgan fingerprint density at radius 1 is 1.40 bits per heavy atom. The Balaban J connectivity index is 2.19. The van der Waals surface area contributed by atoms with Crippen molar-refractivity contribution in [3.63, 3.8) is 0 Å². The molecule has 4 heteroatoms. The summed E-state index contributed by atoms with van der Waals surface area (Å²) in [6.45, 7) is 5.18. The van der Waals surface area contributed by atoms with Crippen molar-refractivity contribution in [1.82, 2.24) is 15.3 Å². The van der Waals surface area contributed by atoms with Crippen LogP contribution in [0.5, 0.6) is 0 Å². The first-order chi connectivity index (χ1) is 7.16. The van der Waals surface area contributed by atoms with Crippen molar-refractivity contribution < 1.29 is 0 Å². The Kier molecular flexibility index (Phi) is 2.86. The van der Waals surface area contributed by atoms with E-state index >= 15 is 0 Å². The maximum absolute atomic E-state index is 5.66. The van der Waals surface area contributed by atoms with Gasteiger partial charge in [0.1, 0.15) is 0 Å². The zero-order chi connectivity index (χ0) is 10.8. The van der Waals surface area contributed by atoms with Crippen molar-refractivity contribution in [2.24, 2.45) is 0 Å². The van der Waals surface area contributed by atoms with Crippen LogP contribution >= 0.6 is 0 Å². The molecule has 0 aliphatic carbocycles. The summed E-state index contributed by atoms with van der Waals surface area (Å²) in [6.07, 6.45) is 3.48. The fourth-order valence-electron chi connectivity index (χ4n) is 2.07. The Morgan fingerprint density at radius 2 is 2.20 bits per heavy atom. The van der Waals surface area contributed by atoms with Crippen LogP contribution in [0.2, 0.25) is 0 Å². The van der Waals surface area contributed by atoms with Crippen molar-refractivity contribution in [3.05, 3.63) is 17.0 Å². The highest BCUT2D eigenvalue weighted by molar-refractivity contribution is 5.30. The molecule has 1 unspecified atom stereocenters. The minimum atomic E-state index is 0.395. The average molecular weight is 206 g/mol. The third-order valence-electron chi connectivity index (χ3n) is 3.11. The van der Waals surface area contributed by atoms with Gasteiger partial charge in [0, 0.05) is 18.2 Å². The SMILES string of the molecule is Cc1nc(N)nc(CC2CCCN2)c1C. The predicted octanol–water partition coefficient (Wildman–Crippen LogP) is 0.970. The number of nitrogen functional groups attached to an aromatic ring is 1. The second-order valence-electron chi connectivity index (χ2n) is 4.24. The van der Waals surface area contributed by atoms with Crippen LogP contribution in [0.15, 0.2) is 0 Å². The summed E-state index contributed by atoms with van der Waals surface area (Å²) in [5.74, 6) is 0.395. The normalized spacial score (nSPS) is 20.8. The number of aromatic nitrogens is 2. The number of rotatable bonds is 2. The molecule has 1 aliphatic heterocycles. The molecule has 0 saturated carbocycles. The molecule has 1 saturated heterocycles. The first-order valence-electron chi connectivity index (χ1n) is 5.50. The molecule has 1 aliphatic rings. The van der Waals surface area contributed by atoms with E-state index < -0.39 is 0 Å². The van der Waals surface area contributed by atoms with Gasteiger partial charge in [0.15, 0.2) is 0 Å². The Morgan fingerprint density at radius 3 is 2.87 bits per heavy atom. The molecule has 0 amide bonds. The molecule has 0 radical (unpaired) electrons. The van der Waals surface area contributed by atoms with E-state index in [0.29, 0.717) is 12.0 Å². The monoisotopic (exact) mass is 206 g/mol. The fraction of sp³-hybridized carbons (Fsp3) is 0.636. The number of hydrogen-bond donors (Lipinski definition) is 2. The summed E-state index contributed by atoms with van der Waals surface area (Å²) in [4.78, 5) is 8.48. The van der Waals surface area contributed by atoms with Gasteiger partial charge in [0.05, 0.1) is 5.69 Å². The molecule has 1 fully saturated rings. The molecule has 4 nitrogen and oxygen atoms in total. The number of nitrogens with zero attached hydrogens (tertiary/aromatic N) is 2. The highest BCUT2D eigenvalue weighted by Crippen LogP contribution is 2.16. The molecule has 1 aromatic heterocycles. The maximum Gasteiger partial charge on any atom is 0.220 e. The standard InChI is InChI=1S/C11H18N4/c1-7-8(2)14-11(12)15-10(7)6-9-4-3-5-13-9/h9,13H,3-6H2,1-2H3,(H2,12,14,15). The second-order valence-corrected chi connectivity index (χ2v) is 4.24. The van der Waals surface area contributed by atoms with Crippen LogP contribution in [-0.2, 0) is 6.42 Å². The van der Waals surface area contributed by atoms with E-state index in [-0.39, 0.29) is 0 Å². The molecule has 2 rings (SSSR count). The van der Waals surface area contributed by atoms with Crippen LogP contribution in [0.25, 0.3) is 0 Å². The van der Waals surface area contributed by atoms with Gasteiger partial charge in [-0.2, -0.15) is 0 Å². The Hall–Kier alpha value is -1.16. The number of nitrogens with two attached hydrogens (primary N) is 1. The van der Waals surface area contributed by atoms with E-state index in [1.807, 2.05) is 6.92 Å². The van der Waals surface area contributed by atoms with Crippen LogP contribution in [0, 0.1) is 13.8 Å². The van der Waals surface area contributed by atoms with Gasteiger partial charge in [-0.25, -0.2) is 9.97 Å². The molecular weight excluding hydrogens is 188 g/mol. The van der Waals surface area contributed by atoms with E-state index in [9.17, 15) is 0 Å². The second kappa shape index (κ2) is 4.14. The summed E-state index contributed by atoms with van der Waals surface area (Å²) < 4.78 is 0. The van der Waals surface area contributed by atoms with Gasteiger partial charge in [-0.05, 0) is 38.8 Å². The Bertz CT molecular complexity index is 356. The van der Waals surface area contributed by atoms with Gasteiger partial charge < -0.3 is 11.1 Å². The van der Waals surface area contributed by atoms with Gasteiger partial charge in [0.25, 0.3) is 0 Å². The number of nitrogens with one attached hydrogen (secondary N) is 1. The van der Waals surface area contributed by atoms with Crippen LogP contribution in [0.4, 0.5) is 5.95 Å². The molecule has 2 heterocycles. The number of aryl methyl sites for hydroxylation is 1. The first kappa shape index (κ1) is 10.4. The quantitative estimate of drug-likeness (QED) is 0.757. The largest absolute Gasteiger partial charge is 0.368 e.